The van der Waals surface area contributed by atoms with Gasteiger partial charge in [0.25, 0.3) is 0 Å². The Bertz CT molecular complexity index is 382. The first-order chi connectivity index (χ1) is 8.15. The molecule has 0 N–H and O–H groups in total. The summed E-state index contributed by atoms with van der Waals surface area (Å²) in [6, 6.07) is 0. The fraction of sp³-hybridized carbons (Fsp3) is 0.733. The second-order valence-electron chi connectivity index (χ2n) is 6.00. The van der Waals surface area contributed by atoms with Gasteiger partial charge in [-0.25, -0.2) is 4.39 Å². The minimum absolute atomic E-state index is 0.220. The largest absolute Gasteiger partial charge is 0.373 e. The summed E-state index contributed by atoms with van der Waals surface area (Å²) >= 11 is 0. The average molecular weight is 236 g/mol. The van der Waals surface area contributed by atoms with Gasteiger partial charge >= 0.3 is 0 Å². The zero-order chi connectivity index (χ0) is 12.0. The van der Waals surface area contributed by atoms with Gasteiger partial charge < -0.3 is 4.74 Å². The maximum Gasteiger partial charge on any atom is 0.125 e. The van der Waals surface area contributed by atoms with Gasteiger partial charge in [-0.3, -0.25) is 0 Å². The van der Waals surface area contributed by atoms with Crippen LogP contribution in [0.4, 0.5) is 4.39 Å². The Hall–Kier alpha value is -0.630. The summed E-state index contributed by atoms with van der Waals surface area (Å²) in [6.45, 7) is 5.00. The molecule has 1 fully saturated rings. The normalized spacial score (nSPS) is 41.7. The van der Waals surface area contributed by atoms with Gasteiger partial charge in [-0.1, -0.05) is 13.0 Å². The number of alkyl halides is 1. The SMILES string of the molecule is CC1=CC2=C(CC1F)C1OCC(C)CC1CC2. The van der Waals surface area contributed by atoms with Crippen LogP contribution >= 0.6 is 0 Å². The van der Waals surface area contributed by atoms with Crippen molar-refractivity contribution in [1.29, 1.82) is 0 Å². The van der Waals surface area contributed by atoms with Crippen LogP contribution in [0.3, 0.4) is 0 Å². The van der Waals surface area contributed by atoms with E-state index in [9.17, 15) is 4.39 Å². The lowest BCUT2D eigenvalue weighted by Crippen LogP contribution is -2.39. The van der Waals surface area contributed by atoms with E-state index in [0.29, 0.717) is 18.3 Å². The molecule has 4 atom stereocenters. The standard InChI is InChI=1S/C15H21FO/c1-9-5-12-4-3-11-6-10(2)14(16)7-13(11)15(12)17-8-9/h6,9,12,14-15H,3-5,7-8H2,1-2H3. The van der Waals surface area contributed by atoms with Crippen LogP contribution in [0.15, 0.2) is 22.8 Å². The highest BCUT2D eigenvalue weighted by molar-refractivity contribution is 5.39. The number of rotatable bonds is 0. The molecular formula is C15H21FO. The third kappa shape index (κ3) is 1.97. The van der Waals surface area contributed by atoms with Crippen molar-refractivity contribution in [3.05, 3.63) is 22.8 Å². The Morgan fingerprint density at radius 2 is 2.24 bits per heavy atom. The van der Waals surface area contributed by atoms with Crippen molar-refractivity contribution in [2.45, 2.75) is 51.8 Å². The molecule has 0 bridgehead atoms. The molecule has 0 saturated carbocycles. The van der Waals surface area contributed by atoms with E-state index >= 15 is 0 Å². The Kier molecular flexibility index (Phi) is 2.86. The van der Waals surface area contributed by atoms with Crippen LogP contribution in [0.25, 0.3) is 0 Å². The summed E-state index contributed by atoms with van der Waals surface area (Å²) in [5, 5.41) is 0. The van der Waals surface area contributed by atoms with Gasteiger partial charge in [0.15, 0.2) is 0 Å². The van der Waals surface area contributed by atoms with Crippen molar-refractivity contribution in [2.75, 3.05) is 6.61 Å². The zero-order valence-electron chi connectivity index (χ0n) is 10.7. The van der Waals surface area contributed by atoms with Crippen LogP contribution in [0, 0.1) is 11.8 Å². The monoisotopic (exact) mass is 236 g/mol. The first-order valence-electron chi connectivity index (χ1n) is 6.81. The first-order valence-corrected chi connectivity index (χ1v) is 6.81. The zero-order valence-corrected chi connectivity index (χ0v) is 10.7. The third-order valence-corrected chi connectivity index (χ3v) is 4.53. The van der Waals surface area contributed by atoms with Crippen LogP contribution in [-0.4, -0.2) is 18.9 Å². The molecule has 0 spiro atoms. The molecule has 3 aliphatic rings. The average Bonchev–Trinajstić information content (AvgIpc) is 2.30. The van der Waals surface area contributed by atoms with Crippen molar-refractivity contribution in [3.8, 4) is 0 Å². The Morgan fingerprint density at radius 1 is 1.41 bits per heavy atom. The highest BCUT2D eigenvalue weighted by atomic mass is 19.1. The van der Waals surface area contributed by atoms with Crippen LogP contribution in [0.2, 0.25) is 0 Å². The highest BCUT2D eigenvalue weighted by Gasteiger charge is 2.38. The molecule has 0 radical (unpaired) electrons. The van der Waals surface area contributed by atoms with E-state index in [4.69, 9.17) is 4.74 Å². The molecule has 1 aliphatic heterocycles. The summed E-state index contributed by atoms with van der Waals surface area (Å²) in [6.07, 6.45) is 5.67. The molecule has 2 heteroatoms. The quantitative estimate of drug-likeness (QED) is 0.621. The number of fused-ring (bicyclic) bond motifs is 2. The van der Waals surface area contributed by atoms with Crippen molar-refractivity contribution in [1.82, 2.24) is 0 Å². The van der Waals surface area contributed by atoms with E-state index < -0.39 is 6.17 Å². The fourth-order valence-electron chi connectivity index (χ4n) is 3.58. The maximum atomic E-state index is 13.8. The first kappa shape index (κ1) is 11.5. The molecule has 3 rings (SSSR count). The molecule has 0 aromatic heterocycles. The lowest BCUT2D eigenvalue weighted by molar-refractivity contribution is -0.0410. The van der Waals surface area contributed by atoms with Crippen molar-refractivity contribution in [2.24, 2.45) is 11.8 Å². The number of allylic oxidation sites excluding steroid dienone is 3. The summed E-state index contributed by atoms with van der Waals surface area (Å²) in [4.78, 5) is 0. The molecule has 1 heterocycles. The van der Waals surface area contributed by atoms with Crippen LogP contribution in [0.1, 0.15) is 39.5 Å². The molecule has 94 valence electrons. The Balaban J connectivity index is 1.89. The summed E-state index contributed by atoms with van der Waals surface area (Å²) in [5.74, 6) is 1.30. The number of ether oxygens (including phenoxy) is 1. The highest BCUT2D eigenvalue weighted by Crippen LogP contribution is 2.43. The minimum Gasteiger partial charge on any atom is -0.373 e. The smallest absolute Gasteiger partial charge is 0.125 e. The van der Waals surface area contributed by atoms with Gasteiger partial charge in [-0.05, 0) is 54.7 Å². The minimum atomic E-state index is -0.782. The van der Waals surface area contributed by atoms with Crippen molar-refractivity contribution < 1.29 is 9.13 Å². The molecule has 1 saturated heterocycles. The van der Waals surface area contributed by atoms with Gasteiger partial charge in [0, 0.05) is 13.0 Å². The predicted molar refractivity (Wildman–Crippen MR) is 66.5 cm³/mol. The van der Waals surface area contributed by atoms with E-state index in [-0.39, 0.29) is 6.10 Å². The molecule has 17 heavy (non-hydrogen) atoms. The van der Waals surface area contributed by atoms with E-state index in [1.54, 1.807) is 0 Å². The molecule has 0 aromatic rings. The van der Waals surface area contributed by atoms with Gasteiger partial charge in [0.05, 0.1) is 6.10 Å². The lowest BCUT2D eigenvalue weighted by atomic mass is 9.72. The summed E-state index contributed by atoms with van der Waals surface area (Å²) in [7, 11) is 0. The predicted octanol–water partition coefficient (Wildman–Crippen LogP) is 3.81. The summed E-state index contributed by atoms with van der Waals surface area (Å²) in [5.41, 5.74) is 3.53. The van der Waals surface area contributed by atoms with Crippen molar-refractivity contribution in [3.63, 3.8) is 0 Å². The van der Waals surface area contributed by atoms with Crippen LogP contribution in [-0.2, 0) is 4.74 Å². The van der Waals surface area contributed by atoms with E-state index in [2.05, 4.69) is 13.0 Å². The van der Waals surface area contributed by atoms with E-state index in [1.165, 1.54) is 24.0 Å². The van der Waals surface area contributed by atoms with Crippen LogP contribution in [0.5, 0.6) is 0 Å². The van der Waals surface area contributed by atoms with Gasteiger partial charge in [0.1, 0.15) is 6.17 Å². The number of halogens is 1. The second kappa shape index (κ2) is 4.24. The number of hydrogen-bond acceptors (Lipinski definition) is 1. The van der Waals surface area contributed by atoms with Gasteiger partial charge in [-0.2, -0.15) is 0 Å². The third-order valence-electron chi connectivity index (χ3n) is 4.53. The van der Waals surface area contributed by atoms with E-state index in [0.717, 1.165) is 18.6 Å². The van der Waals surface area contributed by atoms with Gasteiger partial charge in [0.2, 0.25) is 0 Å². The molecular weight excluding hydrogens is 215 g/mol. The molecule has 0 amide bonds. The number of hydrogen-bond donors (Lipinski definition) is 0. The Labute approximate surface area is 103 Å². The second-order valence-corrected chi connectivity index (χ2v) is 6.00. The molecule has 4 unspecified atom stereocenters. The van der Waals surface area contributed by atoms with Crippen LogP contribution < -0.4 is 0 Å². The van der Waals surface area contributed by atoms with Crippen molar-refractivity contribution >= 4 is 0 Å². The molecule has 0 aromatic carbocycles. The topological polar surface area (TPSA) is 9.23 Å². The Morgan fingerprint density at radius 3 is 3.06 bits per heavy atom. The maximum absolute atomic E-state index is 13.8. The van der Waals surface area contributed by atoms with Gasteiger partial charge in [-0.15, -0.1) is 0 Å². The van der Waals surface area contributed by atoms with E-state index in [1.807, 2.05) is 6.92 Å². The molecule has 2 aliphatic carbocycles. The summed E-state index contributed by atoms with van der Waals surface area (Å²) < 4.78 is 19.8. The molecule has 1 nitrogen and oxygen atoms in total. The fourth-order valence-corrected chi connectivity index (χ4v) is 3.58. The lowest BCUT2D eigenvalue weighted by Gasteiger charge is -2.42.